The molecule has 3 N–H and O–H groups in total. The Morgan fingerprint density at radius 2 is 1.59 bits per heavy atom. The van der Waals surface area contributed by atoms with Gasteiger partial charge in [-0.15, -0.1) is 0 Å². The van der Waals surface area contributed by atoms with Crippen molar-refractivity contribution >= 4 is 15.7 Å². The lowest BCUT2D eigenvalue weighted by atomic mass is 10.1. The molecule has 0 amide bonds. The largest absolute Gasteiger partial charge is 0.397 e. The molecule has 1 aromatic rings. The Kier molecular flexibility index (Phi) is 3.55. The minimum absolute atomic E-state index is 0.187. The van der Waals surface area contributed by atoms with E-state index < -0.39 is 15.6 Å². The third-order valence-electron chi connectivity index (χ3n) is 2.32. The number of hydrogen-bond donors (Lipinski definition) is 2. The topological polar surface area (TPSA) is 72.2 Å². The first-order valence-electron chi connectivity index (χ1n) is 5.44. The zero-order chi connectivity index (χ0) is 13.4. The van der Waals surface area contributed by atoms with E-state index in [4.69, 9.17) is 5.73 Å². The quantitative estimate of drug-likeness (QED) is 0.795. The van der Waals surface area contributed by atoms with E-state index in [9.17, 15) is 8.42 Å². The van der Waals surface area contributed by atoms with Gasteiger partial charge in [0, 0.05) is 5.54 Å². The summed E-state index contributed by atoms with van der Waals surface area (Å²) < 4.78 is 27.1. The van der Waals surface area contributed by atoms with Crippen LogP contribution in [0.4, 0.5) is 5.69 Å². The normalized spacial score (nSPS) is 12.8. The molecule has 17 heavy (non-hydrogen) atoms. The van der Waals surface area contributed by atoms with E-state index in [1.807, 2.05) is 6.07 Å². The second-order valence-electron chi connectivity index (χ2n) is 5.30. The first kappa shape index (κ1) is 14.0. The maximum Gasteiger partial charge on any atom is 0.243 e. The summed E-state index contributed by atoms with van der Waals surface area (Å²) in [5, 5.41) is 0. The predicted octanol–water partition coefficient (Wildman–Crippen LogP) is 1.96. The number of nitrogens with one attached hydrogen (secondary N) is 1. The smallest absolute Gasteiger partial charge is 0.243 e. The molecular weight excluding hydrogens is 236 g/mol. The van der Waals surface area contributed by atoms with Gasteiger partial charge in [0.2, 0.25) is 10.0 Å². The second kappa shape index (κ2) is 4.31. The number of sulfonamides is 1. The molecule has 1 rings (SSSR count). The third kappa shape index (κ3) is 3.20. The van der Waals surface area contributed by atoms with E-state index in [1.54, 1.807) is 40.7 Å². The van der Waals surface area contributed by atoms with E-state index in [0.717, 1.165) is 5.56 Å². The Labute approximate surface area is 103 Å². The van der Waals surface area contributed by atoms with Crippen molar-refractivity contribution < 1.29 is 8.42 Å². The van der Waals surface area contributed by atoms with Crippen molar-refractivity contribution in [1.82, 2.24) is 4.72 Å². The summed E-state index contributed by atoms with van der Waals surface area (Å²) in [6.45, 7) is 8.93. The maximum absolute atomic E-state index is 12.3. The van der Waals surface area contributed by atoms with Crippen LogP contribution in [0.15, 0.2) is 17.0 Å². The van der Waals surface area contributed by atoms with Gasteiger partial charge in [-0.1, -0.05) is 12.1 Å². The number of anilines is 1. The van der Waals surface area contributed by atoms with E-state index in [0.29, 0.717) is 11.3 Å². The highest BCUT2D eigenvalue weighted by atomic mass is 32.2. The van der Waals surface area contributed by atoms with E-state index in [-0.39, 0.29) is 4.90 Å². The SMILES string of the molecule is Cc1ccc(C)c(S(=O)(=O)NC(C)(C)C)c1N. The van der Waals surface area contributed by atoms with Crippen molar-refractivity contribution in [1.29, 1.82) is 0 Å². The number of nitrogen functional groups attached to an aromatic ring is 1. The Morgan fingerprint density at radius 3 is 2.06 bits per heavy atom. The molecule has 0 atom stereocenters. The summed E-state index contributed by atoms with van der Waals surface area (Å²) in [6.07, 6.45) is 0. The van der Waals surface area contributed by atoms with Crippen molar-refractivity contribution in [2.24, 2.45) is 0 Å². The molecule has 4 nitrogen and oxygen atoms in total. The average molecular weight is 256 g/mol. The fourth-order valence-electron chi connectivity index (χ4n) is 1.62. The van der Waals surface area contributed by atoms with Gasteiger partial charge in [-0.3, -0.25) is 0 Å². The van der Waals surface area contributed by atoms with Gasteiger partial charge >= 0.3 is 0 Å². The van der Waals surface area contributed by atoms with Crippen LogP contribution in [-0.2, 0) is 10.0 Å². The van der Waals surface area contributed by atoms with Crippen molar-refractivity contribution in [2.75, 3.05) is 5.73 Å². The van der Waals surface area contributed by atoms with Crippen molar-refractivity contribution in [3.63, 3.8) is 0 Å². The first-order chi connectivity index (χ1) is 7.54. The molecule has 0 spiro atoms. The summed E-state index contributed by atoms with van der Waals surface area (Å²) in [7, 11) is -3.58. The summed E-state index contributed by atoms with van der Waals surface area (Å²) in [6, 6.07) is 3.59. The van der Waals surface area contributed by atoms with Gasteiger partial charge in [-0.25, -0.2) is 13.1 Å². The lowest BCUT2D eigenvalue weighted by Gasteiger charge is -2.22. The van der Waals surface area contributed by atoms with Gasteiger partial charge in [0.25, 0.3) is 0 Å². The van der Waals surface area contributed by atoms with Crippen LogP contribution in [-0.4, -0.2) is 14.0 Å². The minimum Gasteiger partial charge on any atom is -0.397 e. The molecule has 0 fully saturated rings. The highest BCUT2D eigenvalue weighted by Crippen LogP contribution is 2.26. The zero-order valence-corrected chi connectivity index (χ0v) is 11.8. The van der Waals surface area contributed by atoms with Crippen LogP contribution in [0.25, 0.3) is 0 Å². The molecule has 0 aromatic heterocycles. The fourth-order valence-corrected chi connectivity index (χ4v) is 3.47. The van der Waals surface area contributed by atoms with E-state index >= 15 is 0 Å². The first-order valence-corrected chi connectivity index (χ1v) is 6.92. The summed E-state index contributed by atoms with van der Waals surface area (Å²) in [5.41, 5.74) is 7.09. The monoisotopic (exact) mass is 256 g/mol. The number of hydrogen-bond acceptors (Lipinski definition) is 3. The van der Waals surface area contributed by atoms with Crippen molar-refractivity contribution in [3.05, 3.63) is 23.3 Å². The Morgan fingerprint density at radius 1 is 1.12 bits per heavy atom. The summed E-state index contributed by atoms with van der Waals surface area (Å²) >= 11 is 0. The third-order valence-corrected chi connectivity index (χ3v) is 4.28. The fraction of sp³-hybridized carbons (Fsp3) is 0.500. The van der Waals surface area contributed by atoms with E-state index in [1.165, 1.54) is 0 Å². The summed E-state index contributed by atoms with van der Waals surface area (Å²) in [4.78, 5) is 0.187. The molecule has 0 aliphatic carbocycles. The van der Waals surface area contributed by atoms with Crippen LogP contribution >= 0.6 is 0 Å². The van der Waals surface area contributed by atoms with Crippen molar-refractivity contribution in [3.8, 4) is 0 Å². The van der Waals surface area contributed by atoms with E-state index in [2.05, 4.69) is 4.72 Å². The molecule has 5 heteroatoms. The van der Waals surface area contributed by atoms with Crippen LogP contribution in [0.1, 0.15) is 31.9 Å². The molecule has 0 saturated heterocycles. The number of benzene rings is 1. The minimum atomic E-state index is -3.58. The molecular formula is C12H20N2O2S. The molecule has 0 bridgehead atoms. The molecule has 0 radical (unpaired) electrons. The Bertz CT molecular complexity index is 528. The van der Waals surface area contributed by atoms with Crippen LogP contribution in [0.2, 0.25) is 0 Å². The Hall–Kier alpha value is -1.07. The standard InChI is InChI=1S/C12H20N2O2S/c1-8-6-7-9(2)11(10(8)13)17(15,16)14-12(3,4)5/h6-7,14H,13H2,1-5H3. The Balaban J connectivity index is 3.39. The van der Waals surface area contributed by atoms with Crippen molar-refractivity contribution in [2.45, 2.75) is 45.1 Å². The van der Waals surface area contributed by atoms with Gasteiger partial charge < -0.3 is 5.73 Å². The molecule has 0 unspecified atom stereocenters. The summed E-state index contributed by atoms with van der Waals surface area (Å²) in [5.74, 6) is 0. The number of nitrogens with two attached hydrogens (primary N) is 1. The molecule has 1 aromatic carbocycles. The van der Waals surface area contributed by atoms with Crippen LogP contribution in [0, 0.1) is 13.8 Å². The van der Waals surface area contributed by atoms with Gasteiger partial charge in [0.05, 0.1) is 5.69 Å². The lowest BCUT2D eigenvalue weighted by Crippen LogP contribution is -2.41. The van der Waals surface area contributed by atoms with Crippen LogP contribution < -0.4 is 10.5 Å². The highest BCUT2D eigenvalue weighted by Gasteiger charge is 2.26. The van der Waals surface area contributed by atoms with Gasteiger partial charge in [-0.2, -0.15) is 0 Å². The van der Waals surface area contributed by atoms with Crippen LogP contribution in [0.5, 0.6) is 0 Å². The average Bonchev–Trinajstić information content (AvgIpc) is 2.07. The molecule has 96 valence electrons. The van der Waals surface area contributed by atoms with Gasteiger partial charge in [0.1, 0.15) is 4.90 Å². The zero-order valence-electron chi connectivity index (χ0n) is 11.0. The molecule has 0 saturated carbocycles. The van der Waals surface area contributed by atoms with Gasteiger partial charge in [0.15, 0.2) is 0 Å². The molecule has 0 heterocycles. The predicted molar refractivity (Wildman–Crippen MR) is 70.4 cm³/mol. The molecule has 0 aliphatic heterocycles. The second-order valence-corrected chi connectivity index (χ2v) is 6.92. The maximum atomic E-state index is 12.3. The lowest BCUT2D eigenvalue weighted by molar-refractivity contribution is 0.491. The number of aryl methyl sites for hydroxylation is 2. The van der Waals surface area contributed by atoms with Crippen LogP contribution in [0.3, 0.4) is 0 Å². The van der Waals surface area contributed by atoms with Gasteiger partial charge in [-0.05, 0) is 45.7 Å². The number of rotatable bonds is 2. The highest BCUT2D eigenvalue weighted by molar-refractivity contribution is 7.89. The molecule has 0 aliphatic rings.